The molecule has 5 nitrogen and oxygen atoms in total. The highest BCUT2D eigenvalue weighted by molar-refractivity contribution is 5.90. The van der Waals surface area contributed by atoms with Crippen LogP contribution in [0.5, 0.6) is 0 Å². The summed E-state index contributed by atoms with van der Waals surface area (Å²) < 4.78 is 0. The van der Waals surface area contributed by atoms with Crippen LogP contribution in [-0.4, -0.2) is 29.0 Å². The Balaban J connectivity index is 1.40. The lowest BCUT2D eigenvalue weighted by atomic mass is 10.0. The molecule has 5 heteroatoms. The number of hydrogen-bond acceptors (Lipinski definition) is 4. The van der Waals surface area contributed by atoms with E-state index in [1.165, 1.54) is 12.8 Å². The molecule has 1 N–H and O–H groups in total. The average molecular weight is 346 g/mol. The average Bonchev–Trinajstić information content (AvgIpc) is 3.22. The number of amides is 1. The second kappa shape index (κ2) is 7.52. The first-order chi connectivity index (χ1) is 12.8. The van der Waals surface area contributed by atoms with Gasteiger partial charge in [-0.15, -0.1) is 0 Å². The fourth-order valence-electron chi connectivity index (χ4n) is 3.46. The molecule has 1 aliphatic rings. The van der Waals surface area contributed by atoms with Crippen LogP contribution in [0.2, 0.25) is 0 Å². The molecule has 1 aliphatic heterocycles. The minimum absolute atomic E-state index is 0.0171. The molecule has 0 bridgehead atoms. The number of rotatable bonds is 5. The molecule has 2 heterocycles. The number of fused-ring (bicyclic) bond motifs is 1. The van der Waals surface area contributed by atoms with Crippen LogP contribution in [0.25, 0.3) is 10.8 Å². The Morgan fingerprint density at radius 2 is 1.85 bits per heavy atom. The van der Waals surface area contributed by atoms with E-state index < -0.39 is 0 Å². The second-order valence-corrected chi connectivity index (χ2v) is 6.62. The van der Waals surface area contributed by atoms with Gasteiger partial charge in [0, 0.05) is 19.3 Å². The van der Waals surface area contributed by atoms with Crippen molar-refractivity contribution in [2.75, 3.05) is 18.0 Å². The van der Waals surface area contributed by atoms with E-state index in [4.69, 9.17) is 0 Å². The maximum Gasteiger partial charge on any atom is 0.224 e. The lowest BCUT2D eigenvalue weighted by Gasteiger charge is -2.16. The van der Waals surface area contributed by atoms with Gasteiger partial charge >= 0.3 is 0 Å². The molecule has 1 aromatic heterocycles. The first-order valence-corrected chi connectivity index (χ1v) is 9.10. The maximum atomic E-state index is 12.4. The summed E-state index contributed by atoms with van der Waals surface area (Å²) in [4.78, 5) is 23.5. The number of nitrogens with zero attached hydrogens (tertiary/aromatic N) is 3. The van der Waals surface area contributed by atoms with Gasteiger partial charge in [-0.1, -0.05) is 42.5 Å². The summed E-state index contributed by atoms with van der Waals surface area (Å²) in [6, 6.07) is 16.1. The van der Waals surface area contributed by atoms with Gasteiger partial charge in [-0.25, -0.2) is 9.97 Å². The third-order valence-corrected chi connectivity index (χ3v) is 4.80. The van der Waals surface area contributed by atoms with Crippen LogP contribution in [0.1, 0.15) is 24.2 Å². The van der Waals surface area contributed by atoms with Crippen LogP contribution in [0, 0.1) is 0 Å². The number of carbonyl (C=O) groups is 1. The number of aromatic nitrogens is 2. The summed E-state index contributed by atoms with van der Waals surface area (Å²) in [5.74, 6) is 1.59. The van der Waals surface area contributed by atoms with Gasteiger partial charge in [-0.05, 0) is 35.2 Å². The quantitative estimate of drug-likeness (QED) is 0.771. The molecular formula is C21H22N4O. The van der Waals surface area contributed by atoms with Gasteiger partial charge < -0.3 is 10.2 Å². The first-order valence-electron chi connectivity index (χ1n) is 9.10. The third-order valence-electron chi connectivity index (χ3n) is 4.80. The lowest BCUT2D eigenvalue weighted by molar-refractivity contribution is -0.120. The highest BCUT2D eigenvalue weighted by atomic mass is 16.1. The Kier molecular flexibility index (Phi) is 4.78. The molecule has 2 aromatic carbocycles. The van der Waals surface area contributed by atoms with Crippen molar-refractivity contribution >= 4 is 22.5 Å². The maximum absolute atomic E-state index is 12.4. The Morgan fingerprint density at radius 3 is 2.73 bits per heavy atom. The highest BCUT2D eigenvalue weighted by Crippen LogP contribution is 2.19. The van der Waals surface area contributed by atoms with Crippen molar-refractivity contribution in [2.45, 2.75) is 25.8 Å². The zero-order valence-corrected chi connectivity index (χ0v) is 14.7. The predicted octanol–water partition coefficient (Wildman–Crippen LogP) is 3.09. The standard InChI is InChI=1S/C21H22N4O/c26-21(14-17-8-5-7-16-6-1-2-9-18(16)17)23-15-19-22-11-10-20(24-19)25-12-3-4-13-25/h1-2,5-11H,3-4,12-15H2,(H,23,26). The molecule has 1 saturated heterocycles. The molecule has 3 aromatic rings. The number of hydrogen-bond donors (Lipinski definition) is 1. The smallest absolute Gasteiger partial charge is 0.224 e. The molecule has 26 heavy (non-hydrogen) atoms. The van der Waals surface area contributed by atoms with E-state index in [0.717, 1.165) is 35.2 Å². The summed E-state index contributed by atoms with van der Waals surface area (Å²) >= 11 is 0. The van der Waals surface area contributed by atoms with E-state index in [2.05, 4.69) is 38.4 Å². The van der Waals surface area contributed by atoms with Crippen LogP contribution in [0.3, 0.4) is 0 Å². The van der Waals surface area contributed by atoms with Crippen molar-refractivity contribution in [1.82, 2.24) is 15.3 Å². The molecule has 0 spiro atoms. The predicted molar refractivity (Wildman–Crippen MR) is 103 cm³/mol. The van der Waals surface area contributed by atoms with Crippen LogP contribution in [-0.2, 0) is 17.8 Å². The van der Waals surface area contributed by atoms with E-state index in [1.807, 2.05) is 30.3 Å². The molecular weight excluding hydrogens is 324 g/mol. The SMILES string of the molecule is O=C(Cc1cccc2ccccc12)NCc1nccc(N2CCCC2)n1. The molecule has 0 saturated carbocycles. The van der Waals surface area contributed by atoms with Crippen LogP contribution < -0.4 is 10.2 Å². The Labute approximate surface area is 153 Å². The third kappa shape index (κ3) is 3.67. The minimum atomic E-state index is -0.0171. The number of nitrogens with one attached hydrogen (secondary N) is 1. The van der Waals surface area contributed by atoms with E-state index in [-0.39, 0.29) is 5.91 Å². The van der Waals surface area contributed by atoms with Gasteiger partial charge in [0.2, 0.25) is 5.91 Å². The fraction of sp³-hybridized carbons (Fsp3) is 0.286. The number of carbonyl (C=O) groups excluding carboxylic acids is 1. The summed E-state index contributed by atoms with van der Waals surface area (Å²) in [5.41, 5.74) is 1.03. The Morgan fingerprint density at radius 1 is 1.04 bits per heavy atom. The molecule has 4 rings (SSSR count). The van der Waals surface area contributed by atoms with Gasteiger partial charge in [0.15, 0.2) is 0 Å². The van der Waals surface area contributed by atoms with Crippen molar-refractivity contribution in [3.63, 3.8) is 0 Å². The number of benzene rings is 2. The first kappa shape index (κ1) is 16.5. The molecule has 132 valence electrons. The molecule has 0 unspecified atom stereocenters. The Bertz CT molecular complexity index is 913. The van der Waals surface area contributed by atoms with Gasteiger partial charge in [-0.3, -0.25) is 4.79 Å². The van der Waals surface area contributed by atoms with Gasteiger partial charge in [-0.2, -0.15) is 0 Å². The zero-order chi connectivity index (χ0) is 17.8. The van der Waals surface area contributed by atoms with Crippen molar-refractivity contribution in [2.24, 2.45) is 0 Å². The highest BCUT2D eigenvalue weighted by Gasteiger charge is 2.14. The Hall–Kier alpha value is -2.95. The second-order valence-electron chi connectivity index (χ2n) is 6.62. The van der Waals surface area contributed by atoms with Gasteiger partial charge in [0.1, 0.15) is 11.6 Å². The minimum Gasteiger partial charge on any atom is -0.357 e. The van der Waals surface area contributed by atoms with Crippen molar-refractivity contribution in [1.29, 1.82) is 0 Å². The normalized spacial score (nSPS) is 13.9. The summed E-state index contributed by atoms with van der Waals surface area (Å²) in [5, 5.41) is 5.22. The molecule has 1 fully saturated rings. The lowest BCUT2D eigenvalue weighted by Crippen LogP contribution is -2.26. The van der Waals surface area contributed by atoms with Crippen molar-refractivity contribution in [3.05, 3.63) is 66.1 Å². The van der Waals surface area contributed by atoms with Crippen LogP contribution >= 0.6 is 0 Å². The van der Waals surface area contributed by atoms with Crippen molar-refractivity contribution in [3.8, 4) is 0 Å². The topological polar surface area (TPSA) is 58.1 Å². The number of anilines is 1. The summed E-state index contributed by atoms with van der Waals surface area (Å²) in [7, 11) is 0. The molecule has 0 aliphatic carbocycles. The summed E-state index contributed by atoms with van der Waals surface area (Å²) in [6.07, 6.45) is 4.54. The molecule has 0 atom stereocenters. The van der Waals surface area contributed by atoms with Gasteiger partial charge in [0.05, 0.1) is 13.0 Å². The van der Waals surface area contributed by atoms with Gasteiger partial charge in [0.25, 0.3) is 0 Å². The van der Waals surface area contributed by atoms with E-state index in [0.29, 0.717) is 18.8 Å². The monoisotopic (exact) mass is 346 g/mol. The van der Waals surface area contributed by atoms with Crippen LogP contribution in [0.4, 0.5) is 5.82 Å². The zero-order valence-electron chi connectivity index (χ0n) is 14.7. The largest absolute Gasteiger partial charge is 0.357 e. The summed E-state index contributed by atoms with van der Waals surface area (Å²) in [6.45, 7) is 2.44. The van der Waals surface area contributed by atoms with Crippen molar-refractivity contribution < 1.29 is 4.79 Å². The molecule has 1 amide bonds. The van der Waals surface area contributed by atoms with Crippen LogP contribution in [0.15, 0.2) is 54.7 Å². The van der Waals surface area contributed by atoms with E-state index >= 15 is 0 Å². The fourth-order valence-corrected chi connectivity index (χ4v) is 3.46. The molecule has 0 radical (unpaired) electrons. The van der Waals surface area contributed by atoms with E-state index in [1.54, 1.807) is 6.20 Å². The van der Waals surface area contributed by atoms with E-state index in [9.17, 15) is 4.79 Å².